The minimum Gasteiger partial charge on any atom is -0.496 e. The normalized spacial score (nSPS) is 10.1. The van der Waals surface area contributed by atoms with Gasteiger partial charge in [0.05, 0.1) is 14.2 Å². The fourth-order valence-electron chi connectivity index (χ4n) is 4.61. The number of rotatable bonds is 6. The molecule has 0 bridgehead atoms. The minimum absolute atomic E-state index is 0. The van der Waals surface area contributed by atoms with Gasteiger partial charge < -0.3 is 18.9 Å². The molecule has 203 valence electrons. The molecule has 0 atom stereocenters. The van der Waals surface area contributed by atoms with Crippen molar-refractivity contribution in [2.45, 2.75) is 55.4 Å². The van der Waals surface area contributed by atoms with Crippen molar-refractivity contribution >= 4 is 0 Å². The molecule has 0 unspecified atom stereocenters. The van der Waals surface area contributed by atoms with E-state index in [-0.39, 0.29) is 32.7 Å². The van der Waals surface area contributed by atoms with Crippen LogP contribution in [0, 0.1) is 67.5 Å². The number of hydrogen-bond donors (Lipinski definition) is 0. The van der Waals surface area contributed by atoms with Crippen molar-refractivity contribution in [1.82, 2.24) is 0 Å². The summed E-state index contributed by atoms with van der Waals surface area (Å²) in [5, 5.41) is 0. The number of benzene rings is 4. The molecule has 0 saturated carbocycles. The van der Waals surface area contributed by atoms with E-state index >= 15 is 0 Å². The second-order valence-electron chi connectivity index (χ2n) is 9.69. The summed E-state index contributed by atoms with van der Waals surface area (Å²) in [5.74, 6) is 5.33. The predicted octanol–water partition coefficient (Wildman–Crippen LogP) is 9.04. The zero-order valence-electron chi connectivity index (χ0n) is 24.8. The molecule has 4 nitrogen and oxygen atoms in total. The van der Waals surface area contributed by atoms with Gasteiger partial charge in [0.2, 0.25) is 0 Å². The van der Waals surface area contributed by atoms with Gasteiger partial charge in [0, 0.05) is 44.2 Å². The van der Waals surface area contributed by atoms with Crippen molar-refractivity contribution in [3.05, 3.63) is 105 Å². The second-order valence-corrected chi connectivity index (χ2v) is 9.69. The molecular formula is C34H38O4Y-2. The molecule has 0 fully saturated rings. The first-order valence-corrected chi connectivity index (χ1v) is 12.7. The Morgan fingerprint density at radius 2 is 0.667 bits per heavy atom. The molecule has 4 aromatic carbocycles. The molecule has 39 heavy (non-hydrogen) atoms. The van der Waals surface area contributed by atoms with Crippen molar-refractivity contribution in [3.63, 3.8) is 0 Å². The second kappa shape index (κ2) is 14.5. The fourth-order valence-corrected chi connectivity index (χ4v) is 4.61. The summed E-state index contributed by atoms with van der Waals surface area (Å²) in [7, 11) is 3.38. The Bertz CT molecular complexity index is 1230. The van der Waals surface area contributed by atoms with E-state index in [1.807, 2.05) is 104 Å². The summed E-state index contributed by atoms with van der Waals surface area (Å²) in [6, 6.07) is 21.9. The van der Waals surface area contributed by atoms with Crippen molar-refractivity contribution < 1.29 is 51.7 Å². The van der Waals surface area contributed by atoms with Crippen molar-refractivity contribution in [1.29, 1.82) is 0 Å². The Labute approximate surface area is 259 Å². The molecule has 0 heterocycles. The topological polar surface area (TPSA) is 36.9 Å². The monoisotopic (exact) mass is 599 g/mol. The maximum atomic E-state index is 6.03. The van der Waals surface area contributed by atoms with Gasteiger partial charge in [0.1, 0.15) is 23.0 Å². The van der Waals surface area contributed by atoms with E-state index in [1.165, 1.54) is 0 Å². The average Bonchev–Trinajstić information content (AvgIpc) is 2.84. The maximum Gasteiger partial charge on any atom is 0.125 e. The van der Waals surface area contributed by atoms with Gasteiger partial charge >= 0.3 is 0 Å². The predicted molar refractivity (Wildman–Crippen MR) is 155 cm³/mol. The number of methoxy groups -OCH3 is 2. The van der Waals surface area contributed by atoms with Gasteiger partial charge in [-0.1, -0.05) is 27.7 Å². The quantitative estimate of drug-likeness (QED) is 0.207. The first-order valence-electron chi connectivity index (χ1n) is 12.7. The third-order valence-electron chi connectivity index (χ3n) is 6.35. The van der Waals surface area contributed by atoms with Crippen LogP contribution >= 0.6 is 0 Å². The Morgan fingerprint density at radius 3 is 0.897 bits per heavy atom. The molecule has 0 aliphatic heterocycles. The Balaban J connectivity index is 0.000000267. The molecule has 4 rings (SSSR count). The molecule has 0 spiro atoms. The summed E-state index contributed by atoms with van der Waals surface area (Å²) in [6.45, 7) is 16.2. The van der Waals surface area contributed by atoms with Crippen molar-refractivity contribution in [3.8, 4) is 34.5 Å². The van der Waals surface area contributed by atoms with E-state index in [9.17, 15) is 0 Å². The SMILES string of the molecule is COc1c(C)cc(Oc2c(C)c[c-]cc2C)cc1C.COc1c(C)cc(Oc2c(C)c[c-]cc2C)cc1C.[Y]. The first-order chi connectivity index (χ1) is 18.0. The summed E-state index contributed by atoms with van der Waals surface area (Å²) in [4.78, 5) is 0. The largest absolute Gasteiger partial charge is 0.496 e. The summed E-state index contributed by atoms with van der Waals surface area (Å²) in [6.07, 6.45) is 0. The van der Waals surface area contributed by atoms with Gasteiger partial charge in [-0.05, 0) is 74.2 Å². The Kier molecular flexibility index (Phi) is 12.1. The van der Waals surface area contributed by atoms with Gasteiger partial charge in [-0.25, -0.2) is 0 Å². The number of ether oxygens (including phenoxy) is 4. The van der Waals surface area contributed by atoms with Crippen LogP contribution in [0.3, 0.4) is 0 Å². The number of hydrogen-bond acceptors (Lipinski definition) is 4. The molecule has 5 heteroatoms. The summed E-state index contributed by atoms with van der Waals surface area (Å²) >= 11 is 0. The fraction of sp³-hybridized carbons (Fsp3) is 0.294. The number of aryl methyl sites for hydroxylation is 8. The Hall–Kier alpha value is -2.82. The minimum atomic E-state index is 0. The van der Waals surface area contributed by atoms with E-state index < -0.39 is 0 Å². The van der Waals surface area contributed by atoms with Crippen molar-refractivity contribution in [2.24, 2.45) is 0 Å². The van der Waals surface area contributed by atoms with Gasteiger partial charge in [0.25, 0.3) is 0 Å². The summed E-state index contributed by atoms with van der Waals surface area (Å²) < 4.78 is 22.8. The Morgan fingerprint density at radius 1 is 0.410 bits per heavy atom. The van der Waals surface area contributed by atoms with Crippen LogP contribution in [0.2, 0.25) is 0 Å². The third-order valence-corrected chi connectivity index (χ3v) is 6.35. The van der Waals surface area contributed by atoms with Crippen LogP contribution in [-0.4, -0.2) is 14.2 Å². The molecule has 0 N–H and O–H groups in total. The van der Waals surface area contributed by atoms with E-state index in [2.05, 4.69) is 12.1 Å². The van der Waals surface area contributed by atoms with Gasteiger partial charge in [0.15, 0.2) is 0 Å². The smallest absolute Gasteiger partial charge is 0.125 e. The molecule has 0 amide bonds. The maximum absolute atomic E-state index is 6.03. The molecule has 0 aliphatic carbocycles. The first kappa shape index (κ1) is 32.4. The molecule has 0 saturated heterocycles. The van der Waals surface area contributed by atoms with Crippen LogP contribution < -0.4 is 18.9 Å². The molecule has 4 aromatic rings. The van der Waals surface area contributed by atoms with Gasteiger partial charge in [-0.3, -0.25) is 0 Å². The molecule has 0 aliphatic rings. The van der Waals surface area contributed by atoms with E-state index in [0.29, 0.717) is 0 Å². The van der Waals surface area contributed by atoms with E-state index in [0.717, 1.165) is 79.0 Å². The van der Waals surface area contributed by atoms with E-state index in [1.54, 1.807) is 14.2 Å². The molecular weight excluding hydrogens is 561 g/mol. The van der Waals surface area contributed by atoms with Crippen LogP contribution in [-0.2, 0) is 32.7 Å². The zero-order valence-corrected chi connectivity index (χ0v) is 27.7. The average molecular weight is 600 g/mol. The van der Waals surface area contributed by atoms with Crippen LogP contribution in [0.25, 0.3) is 0 Å². The zero-order chi connectivity index (χ0) is 28.0. The van der Waals surface area contributed by atoms with Crippen LogP contribution in [0.1, 0.15) is 44.5 Å². The molecule has 1 radical (unpaired) electrons. The third kappa shape index (κ3) is 8.09. The van der Waals surface area contributed by atoms with Crippen LogP contribution in [0.5, 0.6) is 34.5 Å². The molecule has 0 aromatic heterocycles. The van der Waals surface area contributed by atoms with Gasteiger partial charge in [-0.15, -0.1) is 22.3 Å². The standard InChI is InChI=1S/2C17H19O2.Y/c2*1-11-7-6-8-12(2)17(11)19-15-9-13(3)16(18-5)14(4)10-15;/h2*7-10H,1-5H3;/q2*-1;. The van der Waals surface area contributed by atoms with E-state index in [4.69, 9.17) is 18.9 Å². The summed E-state index contributed by atoms with van der Waals surface area (Å²) in [5.41, 5.74) is 8.67. The van der Waals surface area contributed by atoms with Crippen molar-refractivity contribution in [2.75, 3.05) is 14.2 Å². The van der Waals surface area contributed by atoms with Gasteiger partial charge in [-0.2, -0.15) is 36.4 Å². The van der Waals surface area contributed by atoms with Crippen LogP contribution in [0.15, 0.2) is 48.5 Å². The van der Waals surface area contributed by atoms with Crippen LogP contribution in [0.4, 0.5) is 0 Å².